The Morgan fingerprint density at radius 1 is 1.04 bits per heavy atom. The van der Waals surface area contributed by atoms with Crippen LogP contribution in [0.2, 0.25) is 5.02 Å². The second-order valence-corrected chi connectivity index (χ2v) is 6.92. The molecule has 3 aromatic rings. The lowest BCUT2D eigenvalue weighted by Crippen LogP contribution is -2.20. The van der Waals surface area contributed by atoms with Crippen molar-refractivity contribution >= 4 is 40.2 Å². The van der Waals surface area contributed by atoms with Gasteiger partial charge < -0.3 is 16.0 Å². The zero-order valence-electron chi connectivity index (χ0n) is 15.5. The largest absolute Gasteiger partial charge is 0.387 e. The lowest BCUT2D eigenvalue weighted by Gasteiger charge is -2.23. The molecule has 1 aliphatic carbocycles. The Morgan fingerprint density at radius 3 is 2.54 bits per heavy atom. The Balaban J connectivity index is 1.85. The van der Waals surface area contributed by atoms with E-state index in [2.05, 4.69) is 15.6 Å². The maximum Gasteiger partial charge on any atom is 0.227 e. The maximum atomic E-state index is 8.60. The third-order valence-corrected chi connectivity index (χ3v) is 5.05. The molecule has 0 spiro atoms. The molecule has 2 aromatic carbocycles. The van der Waals surface area contributed by atoms with Crippen molar-refractivity contribution in [2.75, 3.05) is 12.4 Å². The van der Waals surface area contributed by atoms with Crippen molar-refractivity contribution in [3.63, 3.8) is 0 Å². The fourth-order valence-electron chi connectivity index (χ4n) is 3.37. The molecule has 4 rings (SSSR count). The first-order chi connectivity index (χ1) is 13.7. The SMILES string of the molecule is CN/C(=C1\C(=N)CCc2cnc(Nc3ccccc3)nc21)c1ccccc1Cl. The van der Waals surface area contributed by atoms with E-state index in [4.69, 9.17) is 22.0 Å². The van der Waals surface area contributed by atoms with Gasteiger partial charge in [-0.05, 0) is 36.6 Å². The third kappa shape index (κ3) is 3.49. The number of para-hydroxylation sites is 1. The number of rotatable bonds is 4. The summed E-state index contributed by atoms with van der Waals surface area (Å²) in [5.41, 5.74) is 5.70. The van der Waals surface area contributed by atoms with Crippen LogP contribution >= 0.6 is 11.6 Å². The van der Waals surface area contributed by atoms with Crippen molar-refractivity contribution in [1.82, 2.24) is 15.3 Å². The molecule has 1 heterocycles. The smallest absolute Gasteiger partial charge is 0.227 e. The molecule has 6 heteroatoms. The van der Waals surface area contributed by atoms with E-state index in [1.54, 1.807) is 0 Å². The Labute approximate surface area is 169 Å². The zero-order chi connectivity index (χ0) is 19.5. The number of halogens is 1. The standard InChI is InChI=1S/C22H20ClN5/c1-25-21(16-9-5-6-10-17(16)23)19-18(24)12-11-14-13-26-22(28-20(14)19)27-15-7-3-2-4-8-15/h2-10,13,24-25H,11-12H2,1H3,(H,26,27,28)/b21-19+,24-18?. The zero-order valence-corrected chi connectivity index (χ0v) is 16.2. The van der Waals surface area contributed by atoms with Crippen LogP contribution in [0.25, 0.3) is 11.3 Å². The number of nitrogens with zero attached hydrogens (tertiary/aromatic N) is 2. The van der Waals surface area contributed by atoms with Crippen molar-refractivity contribution in [2.45, 2.75) is 12.8 Å². The van der Waals surface area contributed by atoms with Crippen molar-refractivity contribution in [3.8, 4) is 0 Å². The highest BCUT2D eigenvalue weighted by Gasteiger charge is 2.26. The second kappa shape index (κ2) is 7.82. The molecule has 1 aromatic heterocycles. The molecule has 1 aliphatic rings. The van der Waals surface area contributed by atoms with Gasteiger partial charge in [-0.25, -0.2) is 9.97 Å². The molecular weight excluding hydrogens is 370 g/mol. The Hall–Kier alpha value is -3.18. The van der Waals surface area contributed by atoms with E-state index in [1.165, 1.54) is 0 Å². The van der Waals surface area contributed by atoms with E-state index in [0.29, 0.717) is 23.1 Å². The lowest BCUT2D eigenvalue weighted by molar-refractivity contribution is 0.955. The highest BCUT2D eigenvalue weighted by atomic mass is 35.5. The molecule has 0 unspecified atom stereocenters. The molecule has 3 N–H and O–H groups in total. The Morgan fingerprint density at radius 2 is 1.79 bits per heavy atom. The number of hydrogen-bond acceptors (Lipinski definition) is 5. The van der Waals surface area contributed by atoms with E-state index in [-0.39, 0.29) is 0 Å². The number of allylic oxidation sites excluding steroid dienone is 1. The van der Waals surface area contributed by atoms with Gasteiger partial charge in [0.2, 0.25) is 5.95 Å². The van der Waals surface area contributed by atoms with Gasteiger partial charge in [0.15, 0.2) is 0 Å². The molecular formula is C22H20ClN5. The number of aryl methyl sites for hydroxylation is 1. The second-order valence-electron chi connectivity index (χ2n) is 6.52. The summed E-state index contributed by atoms with van der Waals surface area (Å²) in [7, 11) is 1.84. The number of aromatic nitrogens is 2. The summed E-state index contributed by atoms with van der Waals surface area (Å²) in [6.07, 6.45) is 3.25. The van der Waals surface area contributed by atoms with Crippen LogP contribution in [0, 0.1) is 5.41 Å². The molecule has 0 saturated heterocycles. The van der Waals surface area contributed by atoms with Crippen molar-refractivity contribution in [2.24, 2.45) is 0 Å². The fraction of sp³-hybridized carbons (Fsp3) is 0.136. The summed E-state index contributed by atoms with van der Waals surface area (Å²) in [6.45, 7) is 0. The third-order valence-electron chi connectivity index (χ3n) is 4.72. The minimum absolute atomic E-state index is 0.506. The maximum absolute atomic E-state index is 8.60. The summed E-state index contributed by atoms with van der Waals surface area (Å²) in [5.74, 6) is 0.506. The number of fused-ring (bicyclic) bond motifs is 1. The normalized spacial score (nSPS) is 15.0. The minimum atomic E-state index is 0.506. The average Bonchev–Trinajstić information content (AvgIpc) is 2.72. The first kappa shape index (κ1) is 18.2. The molecule has 0 amide bonds. The van der Waals surface area contributed by atoms with Crippen LogP contribution in [-0.2, 0) is 6.42 Å². The van der Waals surface area contributed by atoms with Gasteiger partial charge in [-0.1, -0.05) is 48.0 Å². The molecule has 0 atom stereocenters. The van der Waals surface area contributed by atoms with Crippen LogP contribution in [0.15, 0.2) is 60.8 Å². The van der Waals surface area contributed by atoms with Gasteiger partial charge in [-0.15, -0.1) is 0 Å². The topological polar surface area (TPSA) is 73.7 Å². The van der Waals surface area contributed by atoms with Crippen LogP contribution in [-0.4, -0.2) is 22.7 Å². The van der Waals surface area contributed by atoms with Crippen LogP contribution in [0.1, 0.15) is 23.2 Å². The summed E-state index contributed by atoms with van der Waals surface area (Å²) in [5, 5.41) is 15.7. The van der Waals surface area contributed by atoms with Crippen LogP contribution in [0.3, 0.4) is 0 Å². The van der Waals surface area contributed by atoms with E-state index in [0.717, 1.165) is 40.2 Å². The Bertz CT molecular complexity index is 1060. The van der Waals surface area contributed by atoms with Gasteiger partial charge in [-0.3, -0.25) is 0 Å². The van der Waals surface area contributed by atoms with Crippen molar-refractivity contribution in [3.05, 3.63) is 82.6 Å². The lowest BCUT2D eigenvalue weighted by atomic mass is 9.87. The van der Waals surface area contributed by atoms with Gasteiger partial charge in [0.05, 0.1) is 11.4 Å². The van der Waals surface area contributed by atoms with Gasteiger partial charge in [0.25, 0.3) is 0 Å². The van der Waals surface area contributed by atoms with E-state index in [1.807, 2.05) is 67.8 Å². The van der Waals surface area contributed by atoms with Crippen LogP contribution in [0.5, 0.6) is 0 Å². The number of hydrogen-bond donors (Lipinski definition) is 3. The molecule has 0 fully saturated rings. The van der Waals surface area contributed by atoms with Crippen molar-refractivity contribution in [1.29, 1.82) is 5.41 Å². The fourth-order valence-corrected chi connectivity index (χ4v) is 3.60. The molecule has 0 aliphatic heterocycles. The molecule has 0 radical (unpaired) electrons. The van der Waals surface area contributed by atoms with Gasteiger partial charge in [-0.2, -0.15) is 0 Å². The monoisotopic (exact) mass is 389 g/mol. The van der Waals surface area contributed by atoms with E-state index >= 15 is 0 Å². The first-order valence-electron chi connectivity index (χ1n) is 9.10. The summed E-state index contributed by atoms with van der Waals surface area (Å²) < 4.78 is 0. The number of nitrogens with one attached hydrogen (secondary N) is 3. The average molecular weight is 390 g/mol. The Kier molecular flexibility index (Phi) is 5.08. The molecule has 0 saturated carbocycles. The molecule has 5 nitrogen and oxygen atoms in total. The predicted octanol–water partition coefficient (Wildman–Crippen LogP) is 4.93. The quantitative estimate of drug-likeness (QED) is 0.591. The minimum Gasteiger partial charge on any atom is -0.387 e. The van der Waals surface area contributed by atoms with Gasteiger partial charge >= 0.3 is 0 Å². The van der Waals surface area contributed by atoms with Crippen LogP contribution < -0.4 is 10.6 Å². The number of benzene rings is 2. The van der Waals surface area contributed by atoms with Gasteiger partial charge in [0, 0.05) is 40.8 Å². The van der Waals surface area contributed by atoms with E-state index < -0.39 is 0 Å². The van der Waals surface area contributed by atoms with E-state index in [9.17, 15) is 0 Å². The highest BCUT2D eigenvalue weighted by molar-refractivity contribution is 6.35. The summed E-state index contributed by atoms with van der Waals surface area (Å²) in [6, 6.07) is 17.4. The highest BCUT2D eigenvalue weighted by Crippen LogP contribution is 2.34. The predicted molar refractivity (Wildman–Crippen MR) is 115 cm³/mol. The number of anilines is 2. The van der Waals surface area contributed by atoms with Gasteiger partial charge in [0.1, 0.15) is 0 Å². The molecule has 140 valence electrons. The molecule has 0 bridgehead atoms. The molecule has 28 heavy (non-hydrogen) atoms. The van der Waals surface area contributed by atoms with Crippen molar-refractivity contribution < 1.29 is 0 Å². The summed E-state index contributed by atoms with van der Waals surface area (Å²) >= 11 is 6.44. The first-order valence-corrected chi connectivity index (χ1v) is 9.48. The van der Waals surface area contributed by atoms with Crippen LogP contribution in [0.4, 0.5) is 11.6 Å². The summed E-state index contributed by atoms with van der Waals surface area (Å²) in [4.78, 5) is 9.22.